The van der Waals surface area contributed by atoms with Gasteiger partial charge in [-0.05, 0) is 43.8 Å². The van der Waals surface area contributed by atoms with Gasteiger partial charge in [-0.3, -0.25) is 15.5 Å². The number of hydrazine groups is 1. The van der Waals surface area contributed by atoms with E-state index in [1.807, 2.05) is 0 Å². The fourth-order valence-electron chi connectivity index (χ4n) is 3.12. The first-order valence-electron chi connectivity index (χ1n) is 9.48. The highest BCUT2D eigenvalue weighted by Crippen LogP contribution is 2.31. The van der Waals surface area contributed by atoms with Gasteiger partial charge in [0.15, 0.2) is 11.6 Å². The standard InChI is InChI=1S/C20H26F3N5O/c1-14-3-5-17(16(22)13-14)24-20-18(6-4-15(21)19(20)23)25-28(29)12-11-27-9-7-26(2)8-10-27/h3-6,13,24-25,29H,7-12H2,1-2H3. The van der Waals surface area contributed by atoms with E-state index in [4.69, 9.17) is 0 Å². The minimum Gasteiger partial charge on any atom is -0.349 e. The molecule has 0 aromatic heterocycles. The molecule has 0 saturated carbocycles. The third kappa shape index (κ3) is 5.60. The molecule has 1 fully saturated rings. The van der Waals surface area contributed by atoms with Crippen molar-refractivity contribution in [2.45, 2.75) is 6.92 Å². The van der Waals surface area contributed by atoms with E-state index in [1.54, 1.807) is 13.0 Å². The predicted octanol–water partition coefficient (Wildman–Crippen LogP) is 3.42. The molecule has 0 radical (unpaired) electrons. The van der Waals surface area contributed by atoms with Gasteiger partial charge in [0.25, 0.3) is 0 Å². The summed E-state index contributed by atoms with van der Waals surface area (Å²) in [6.07, 6.45) is 0. The largest absolute Gasteiger partial charge is 0.349 e. The quantitative estimate of drug-likeness (QED) is 0.610. The number of piperazine rings is 1. The summed E-state index contributed by atoms with van der Waals surface area (Å²) in [6.45, 7) is 6.30. The van der Waals surface area contributed by atoms with Crippen LogP contribution in [-0.2, 0) is 0 Å². The van der Waals surface area contributed by atoms with Crippen molar-refractivity contribution < 1.29 is 18.4 Å². The number of hydrogen-bond donors (Lipinski definition) is 3. The number of hydrogen-bond acceptors (Lipinski definition) is 6. The second kappa shape index (κ2) is 9.45. The zero-order chi connectivity index (χ0) is 21.0. The molecule has 1 aliphatic heterocycles. The molecule has 0 atom stereocenters. The van der Waals surface area contributed by atoms with Crippen LogP contribution < -0.4 is 10.7 Å². The number of hydroxylamine groups is 1. The Hall–Kier alpha value is -2.33. The molecular weight excluding hydrogens is 383 g/mol. The second-order valence-electron chi connectivity index (χ2n) is 7.27. The van der Waals surface area contributed by atoms with Crippen LogP contribution in [0.3, 0.4) is 0 Å². The van der Waals surface area contributed by atoms with Gasteiger partial charge in [0, 0.05) is 32.7 Å². The highest BCUT2D eigenvalue weighted by molar-refractivity contribution is 5.75. The first-order valence-corrected chi connectivity index (χ1v) is 9.48. The van der Waals surface area contributed by atoms with E-state index in [0.29, 0.717) is 12.1 Å². The van der Waals surface area contributed by atoms with E-state index in [2.05, 4.69) is 27.6 Å². The van der Waals surface area contributed by atoms with Crippen molar-refractivity contribution >= 4 is 17.1 Å². The van der Waals surface area contributed by atoms with Gasteiger partial charge < -0.3 is 10.2 Å². The predicted molar refractivity (Wildman–Crippen MR) is 107 cm³/mol. The van der Waals surface area contributed by atoms with E-state index >= 15 is 0 Å². The molecule has 2 aromatic rings. The number of halogens is 3. The normalized spacial score (nSPS) is 15.7. The number of likely N-dealkylation sites (N-methyl/N-ethyl adjacent to an activating group) is 1. The van der Waals surface area contributed by atoms with Crippen LogP contribution in [-0.4, -0.2) is 66.5 Å². The van der Waals surface area contributed by atoms with E-state index < -0.39 is 17.5 Å². The van der Waals surface area contributed by atoms with Crippen LogP contribution in [0.1, 0.15) is 5.56 Å². The zero-order valence-electron chi connectivity index (χ0n) is 16.6. The molecular formula is C20H26F3N5O. The molecule has 29 heavy (non-hydrogen) atoms. The van der Waals surface area contributed by atoms with Crippen LogP contribution in [0.4, 0.5) is 30.2 Å². The fourth-order valence-corrected chi connectivity index (χ4v) is 3.12. The van der Waals surface area contributed by atoms with Crippen molar-refractivity contribution in [1.82, 2.24) is 15.0 Å². The third-order valence-corrected chi connectivity index (χ3v) is 4.95. The Morgan fingerprint density at radius 3 is 2.38 bits per heavy atom. The first-order chi connectivity index (χ1) is 13.8. The van der Waals surface area contributed by atoms with Crippen LogP contribution in [0.5, 0.6) is 0 Å². The van der Waals surface area contributed by atoms with Gasteiger partial charge in [0.2, 0.25) is 0 Å². The summed E-state index contributed by atoms with van der Waals surface area (Å²) < 4.78 is 42.3. The Labute approximate surface area is 168 Å². The maximum absolute atomic E-state index is 14.4. The van der Waals surface area contributed by atoms with Gasteiger partial charge in [-0.1, -0.05) is 6.07 Å². The summed E-state index contributed by atoms with van der Waals surface area (Å²) in [5.74, 6) is -2.83. The van der Waals surface area contributed by atoms with Crippen LogP contribution >= 0.6 is 0 Å². The van der Waals surface area contributed by atoms with Crippen LogP contribution in [0.2, 0.25) is 0 Å². The maximum Gasteiger partial charge on any atom is 0.184 e. The van der Waals surface area contributed by atoms with Gasteiger partial charge in [-0.25, -0.2) is 13.2 Å². The van der Waals surface area contributed by atoms with Crippen molar-refractivity contribution in [3.05, 3.63) is 53.3 Å². The molecule has 158 valence electrons. The highest BCUT2D eigenvalue weighted by atomic mass is 19.2. The summed E-state index contributed by atoms with van der Waals surface area (Å²) in [5.41, 5.74) is 3.15. The van der Waals surface area contributed by atoms with Crippen molar-refractivity contribution in [3.8, 4) is 0 Å². The van der Waals surface area contributed by atoms with Gasteiger partial charge in [-0.2, -0.15) is 0 Å². The van der Waals surface area contributed by atoms with Crippen molar-refractivity contribution in [1.29, 1.82) is 0 Å². The van der Waals surface area contributed by atoms with E-state index in [1.165, 1.54) is 18.2 Å². The Kier molecular flexibility index (Phi) is 6.96. The molecule has 0 bridgehead atoms. The van der Waals surface area contributed by atoms with Crippen LogP contribution in [0, 0.1) is 24.4 Å². The average molecular weight is 409 g/mol. The summed E-state index contributed by atoms with van der Waals surface area (Å²) >= 11 is 0. The molecule has 0 unspecified atom stereocenters. The van der Waals surface area contributed by atoms with Gasteiger partial charge >= 0.3 is 0 Å². The van der Waals surface area contributed by atoms with Crippen molar-refractivity contribution in [2.75, 3.05) is 57.1 Å². The number of benzene rings is 2. The number of aryl methyl sites for hydroxylation is 1. The van der Waals surface area contributed by atoms with E-state index in [9.17, 15) is 18.4 Å². The van der Waals surface area contributed by atoms with Gasteiger partial charge in [-0.15, -0.1) is 5.17 Å². The Morgan fingerprint density at radius 1 is 1.00 bits per heavy atom. The fraction of sp³-hybridized carbons (Fsp3) is 0.400. The van der Waals surface area contributed by atoms with Crippen molar-refractivity contribution in [3.63, 3.8) is 0 Å². The monoisotopic (exact) mass is 409 g/mol. The minimum atomic E-state index is -1.16. The first kappa shape index (κ1) is 21.4. The molecule has 9 heteroatoms. The minimum absolute atomic E-state index is 0.00470. The molecule has 1 aliphatic rings. The lowest BCUT2D eigenvalue weighted by Crippen LogP contribution is -2.47. The Balaban J connectivity index is 1.69. The Bertz CT molecular complexity index is 843. The SMILES string of the molecule is Cc1ccc(Nc2c(NN(O)CCN3CCN(C)CC3)ccc(F)c2F)c(F)c1. The number of nitrogens with one attached hydrogen (secondary N) is 2. The lowest BCUT2D eigenvalue weighted by atomic mass is 10.2. The molecule has 0 aliphatic carbocycles. The maximum atomic E-state index is 14.4. The average Bonchev–Trinajstić information content (AvgIpc) is 2.68. The van der Waals surface area contributed by atoms with Gasteiger partial charge in [0.1, 0.15) is 11.5 Å². The molecule has 2 aromatic carbocycles. The third-order valence-electron chi connectivity index (χ3n) is 4.95. The molecule has 1 heterocycles. The zero-order valence-corrected chi connectivity index (χ0v) is 16.6. The molecule has 0 amide bonds. The number of anilines is 3. The van der Waals surface area contributed by atoms with Crippen molar-refractivity contribution in [2.24, 2.45) is 0 Å². The second-order valence-corrected chi connectivity index (χ2v) is 7.27. The van der Waals surface area contributed by atoms with Crippen LogP contribution in [0.25, 0.3) is 0 Å². The molecule has 3 rings (SSSR count). The number of rotatable bonds is 7. The topological polar surface area (TPSA) is 54.0 Å². The lowest BCUT2D eigenvalue weighted by Gasteiger charge is -2.33. The van der Waals surface area contributed by atoms with E-state index in [0.717, 1.165) is 37.4 Å². The molecule has 3 N–H and O–H groups in total. The molecule has 1 saturated heterocycles. The summed E-state index contributed by atoms with van der Waals surface area (Å²) in [6, 6.07) is 6.63. The number of nitrogens with zero attached hydrogens (tertiary/aromatic N) is 3. The summed E-state index contributed by atoms with van der Waals surface area (Å²) in [5, 5.41) is 13.6. The van der Waals surface area contributed by atoms with Gasteiger partial charge in [0.05, 0.1) is 17.9 Å². The smallest absolute Gasteiger partial charge is 0.184 e. The van der Waals surface area contributed by atoms with Crippen LogP contribution in [0.15, 0.2) is 30.3 Å². The molecule has 0 spiro atoms. The highest BCUT2D eigenvalue weighted by Gasteiger charge is 2.18. The Morgan fingerprint density at radius 2 is 1.69 bits per heavy atom. The van der Waals surface area contributed by atoms with E-state index in [-0.39, 0.29) is 23.6 Å². The summed E-state index contributed by atoms with van der Waals surface area (Å²) in [7, 11) is 2.06. The lowest BCUT2D eigenvalue weighted by molar-refractivity contribution is -0.0718. The molecule has 6 nitrogen and oxygen atoms in total. The summed E-state index contributed by atoms with van der Waals surface area (Å²) in [4.78, 5) is 4.44.